The zero-order valence-corrected chi connectivity index (χ0v) is 14.6. The van der Waals surface area contributed by atoms with E-state index in [0.717, 1.165) is 18.8 Å². The monoisotopic (exact) mass is 291 g/mol. The molecule has 0 amide bonds. The summed E-state index contributed by atoms with van der Waals surface area (Å²) in [7, 11) is -1.19. The van der Waals surface area contributed by atoms with Gasteiger partial charge in [0.15, 0.2) is 0 Å². The second kappa shape index (κ2) is 5.51. The molecule has 0 bridgehead atoms. The molecular formula is C16H27N2OSi. The Hall–Kier alpha value is -0.843. The van der Waals surface area contributed by atoms with Crippen molar-refractivity contribution in [2.75, 3.05) is 13.1 Å². The van der Waals surface area contributed by atoms with Crippen LogP contribution in [0.5, 0.6) is 5.75 Å². The van der Waals surface area contributed by atoms with E-state index in [-0.39, 0.29) is 11.1 Å². The minimum atomic E-state index is -1.19. The van der Waals surface area contributed by atoms with E-state index in [4.69, 9.17) is 4.43 Å². The predicted molar refractivity (Wildman–Crippen MR) is 85.7 cm³/mol. The van der Waals surface area contributed by atoms with Crippen LogP contribution in [0.2, 0.25) is 0 Å². The Kier molecular flexibility index (Phi) is 4.28. The van der Waals surface area contributed by atoms with Gasteiger partial charge < -0.3 is 4.43 Å². The molecule has 0 saturated carbocycles. The Morgan fingerprint density at radius 3 is 1.70 bits per heavy atom. The lowest BCUT2D eigenvalue weighted by atomic mass is 10.1. The summed E-state index contributed by atoms with van der Waals surface area (Å²) >= 11 is 0. The van der Waals surface area contributed by atoms with Gasteiger partial charge in [-0.2, -0.15) is 0 Å². The summed E-state index contributed by atoms with van der Waals surface area (Å²) < 4.78 is 11.5. The fraction of sp³-hybridized carbons (Fsp3) is 0.625. The normalized spacial score (nSPS) is 19.5. The van der Waals surface area contributed by atoms with Crippen LogP contribution in [0.3, 0.4) is 0 Å². The molecule has 3 nitrogen and oxygen atoms in total. The molecule has 1 aromatic rings. The number of nitrogens with zero attached hydrogens (tertiary/aromatic N) is 2. The largest absolute Gasteiger partial charge is 0.516 e. The summed E-state index contributed by atoms with van der Waals surface area (Å²) in [5.41, 5.74) is 0.284. The molecule has 1 aliphatic heterocycles. The highest BCUT2D eigenvalue weighted by Gasteiger charge is 2.48. The second-order valence-electron chi connectivity index (χ2n) is 7.34. The van der Waals surface area contributed by atoms with Gasteiger partial charge in [-0.3, -0.25) is 9.13 Å². The highest BCUT2D eigenvalue weighted by molar-refractivity contribution is 6.47. The number of hydrogen-bond donors (Lipinski definition) is 0. The van der Waals surface area contributed by atoms with Crippen LogP contribution in [0.4, 0.5) is 0 Å². The fourth-order valence-electron chi connectivity index (χ4n) is 2.49. The van der Waals surface area contributed by atoms with Crippen molar-refractivity contribution in [1.82, 2.24) is 9.13 Å². The number of rotatable bonds is 2. The second-order valence-corrected chi connectivity index (χ2v) is 9.19. The number of para-hydroxylation sites is 1. The molecular weight excluding hydrogens is 264 g/mol. The van der Waals surface area contributed by atoms with Gasteiger partial charge in [0.1, 0.15) is 5.75 Å². The molecule has 0 aliphatic carbocycles. The standard InChI is InChI=1S/C16H27N2OSi/c1-15(2,3)17-12-13-18(16(4,5)6)20(17)19-14-10-8-7-9-11-14/h7-11H,12-13H2,1-6H3. The van der Waals surface area contributed by atoms with E-state index in [9.17, 15) is 0 Å². The van der Waals surface area contributed by atoms with E-state index in [1.807, 2.05) is 18.2 Å². The average Bonchev–Trinajstić information content (AvgIpc) is 2.73. The van der Waals surface area contributed by atoms with Crippen molar-refractivity contribution in [3.63, 3.8) is 0 Å². The summed E-state index contributed by atoms with van der Waals surface area (Å²) in [6.45, 7) is 15.8. The van der Waals surface area contributed by atoms with Crippen LogP contribution in [-0.4, -0.2) is 42.7 Å². The molecule has 1 fully saturated rings. The lowest BCUT2D eigenvalue weighted by Gasteiger charge is -2.39. The third-order valence-electron chi connectivity index (χ3n) is 3.58. The van der Waals surface area contributed by atoms with Gasteiger partial charge in [-0.15, -0.1) is 0 Å². The molecule has 1 saturated heterocycles. The van der Waals surface area contributed by atoms with E-state index in [1.54, 1.807) is 0 Å². The van der Waals surface area contributed by atoms with Crippen molar-refractivity contribution in [3.8, 4) is 5.75 Å². The van der Waals surface area contributed by atoms with Crippen LogP contribution < -0.4 is 4.43 Å². The van der Waals surface area contributed by atoms with Crippen LogP contribution >= 0.6 is 0 Å². The Balaban J connectivity index is 2.25. The average molecular weight is 291 g/mol. The quantitative estimate of drug-likeness (QED) is 0.778. The van der Waals surface area contributed by atoms with Gasteiger partial charge in [-0.05, 0) is 53.7 Å². The van der Waals surface area contributed by atoms with Crippen LogP contribution in [-0.2, 0) is 0 Å². The van der Waals surface area contributed by atoms with Crippen LogP contribution in [0.1, 0.15) is 41.5 Å². The molecule has 0 aromatic heterocycles. The SMILES string of the molecule is CC(C)(C)N1CCN(C(C)(C)C)[Si]1Oc1ccccc1. The maximum Gasteiger partial charge on any atom is 0.482 e. The third kappa shape index (κ3) is 3.43. The van der Waals surface area contributed by atoms with Crippen LogP contribution in [0.25, 0.3) is 0 Å². The highest BCUT2D eigenvalue weighted by atomic mass is 28.3. The van der Waals surface area contributed by atoms with Crippen LogP contribution in [0.15, 0.2) is 30.3 Å². The first kappa shape index (κ1) is 15.5. The highest BCUT2D eigenvalue weighted by Crippen LogP contribution is 2.29. The molecule has 0 spiro atoms. The molecule has 0 atom stereocenters. The van der Waals surface area contributed by atoms with Gasteiger partial charge >= 0.3 is 9.36 Å². The maximum absolute atomic E-state index is 6.41. The van der Waals surface area contributed by atoms with Crippen molar-refractivity contribution >= 4 is 9.36 Å². The summed E-state index contributed by atoms with van der Waals surface area (Å²) in [5.74, 6) is 0.979. The zero-order valence-electron chi connectivity index (χ0n) is 13.6. The van der Waals surface area contributed by atoms with Gasteiger partial charge in [-0.25, -0.2) is 0 Å². The van der Waals surface area contributed by atoms with Crippen molar-refractivity contribution in [2.45, 2.75) is 52.6 Å². The number of benzene rings is 1. The zero-order chi connectivity index (χ0) is 15.0. The molecule has 0 unspecified atom stereocenters. The van der Waals surface area contributed by atoms with Crippen molar-refractivity contribution in [3.05, 3.63) is 30.3 Å². The summed E-state index contributed by atoms with van der Waals surface area (Å²) in [4.78, 5) is 0. The Morgan fingerprint density at radius 2 is 1.30 bits per heavy atom. The van der Waals surface area contributed by atoms with Crippen molar-refractivity contribution in [1.29, 1.82) is 0 Å². The molecule has 1 aliphatic rings. The van der Waals surface area contributed by atoms with E-state index in [1.165, 1.54) is 0 Å². The molecule has 2 rings (SSSR count). The molecule has 1 heterocycles. The van der Waals surface area contributed by atoms with Crippen molar-refractivity contribution in [2.24, 2.45) is 0 Å². The summed E-state index contributed by atoms with van der Waals surface area (Å²) in [5, 5.41) is 0. The van der Waals surface area contributed by atoms with E-state index >= 15 is 0 Å². The predicted octanol–water partition coefficient (Wildman–Crippen LogP) is 3.26. The maximum atomic E-state index is 6.41. The fourth-order valence-corrected chi connectivity index (χ4v) is 5.07. The Labute approximate surface area is 125 Å². The lowest BCUT2D eigenvalue weighted by Crippen LogP contribution is -2.59. The Bertz CT molecular complexity index is 414. The van der Waals surface area contributed by atoms with E-state index in [2.05, 4.69) is 62.8 Å². The van der Waals surface area contributed by atoms with Gasteiger partial charge in [0.25, 0.3) is 0 Å². The smallest absolute Gasteiger partial charge is 0.482 e. The van der Waals surface area contributed by atoms with E-state index < -0.39 is 9.36 Å². The molecule has 20 heavy (non-hydrogen) atoms. The lowest BCUT2D eigenvalue weighted by molar-refractivity contribution is 0.222. The third-order valence-corrected chi connectivity index (χ3v) is 6.71. The summed E-state index contributed by atoms with van der Waals surface area (Å²) in [6, 6.07) is 10.2. The molecule has 0 N–H and O–H groups in total. The molecule has 1 aromatic carbocycles. The van der Waals surface area contributed by atoms with Gasteiger partial charge in [0, 0.05) is 24.2 Å². The van der Waals surface area contributed by atoms with Crippen LogP contribution in [0, 0.1) is 0 Å². The minimum absolute atomic E-state index is 0.142. The number of hydrogen-bond acceptors (Lipinski definition) is 3. The van der Waals surface area contributed by atoms with E-state index in [0.29, 0.717) is 0 Å². The first-order valence-corrected chi connectivity index (χ1v) is 8.65. The molecule has 4 heteroatoms. The summed E-state index contributed by atoms with van der Waals surface area (Å²) in [6.07, 6.45) is 0. The van der Waals surface area contributed by atoms with Gasteiger partial charge in [0.2, 0.25) is 0 Å². The molecule has 1 radical (unpaired) electrons. The first-order chi connectivity index (χ1) is 9.19. The minimum Gasteiger partial charge on any atom is -0.516 e. The van der Waals surface area contributed by atoms with Gasteiger partial charge in [0.05, 0.1) is 0 Å². The van der Waals surface area contributed by atoms with Crippen molar-refractivity contribution < 1.29 is 4.43 Å². The Morgan fingerprint density at radius 1 is 0.850 bits per heavy atom. The van der Waals surface area contributed by atoms with Gasteiger partial charge in [-0.1, -0.05) is 18.2 Å². The molecule has 111 valence electrons. The topological polar surface area (TPSA) is 15.7 Å². The first-order valence-electron chi connectivity index (χ1n) is 7.35.